The fourth-order valence-corrected chi connectivity index (χ4v) is 4.98. The van der Waals surface area contributed by atoms with Crippen LogP contribution in [0.2, 0.25) is 0 Å². The first-order chi connectivity index (χ1) is 13.6. The zero-order valence-electron chi connectivity index (χ0n) is 15.7. The normalized spacial score (nSPS) is 16.5. The molecule has 0 saturated carbocycles. The summed E-state index contributed by atoms with van der Waals surface area (Å²) in [6.45, 7) is 2.97. The number of rotatable bonds is 6. The van der Waals surface area contributed by atoms with E-state index in [9.17, 15) is 8.42 Å². The van der Waals surface area contributed by atoms with Gasteiger partial charge in [-0.1, -0.05) is 25.5 Å². The number of hydrogen-bond acceptors (Lipinski definition) is 6. The molecule has 0 amide bonds. The number of aromatic nitrogens is 2. The molecular formula is C20H23N3O4S. The summed E-state index contributed by atoms with van der Waals surface area (Å²) in [6.07, 6.45) is 4.84. The second-order valence-electron chi connectivity index (χ2n) is 7.00. The second kappa shape index (κ2) is 7.89. The molecule has 0 N–H and O–H groups in total. The van der Waals surface area contributed by atoms with Crippen LogP contribution in [-0.4, -0.2) is 36.0 Å². The quantitative estimate of drug-likeness (QED) is 0.623. The van der Waals surface area contributed by atoms with Crippen molar-refractivity contribution in [2.45, 2.75) is 43.4 Å². The maximum absolute atomic E-state index is 12.9. The van der Waals surface area contributed by atoms with Crippen molar-refractivity contribution >= 4 is 10.0 Å². The van der Waals surface area contributed by atoms with Crippen molar-refractivity contribution in [2.24, 2.45) is 0 Å². The van der Waals surface area contributed by atoms with Crippen LogP contribution in [0.15, 0.2) is 56.4 Å². The van der Waals surface area contributed by atoms with Crippen molar-refractivity contribution in [3.63, 3.8) is 0 Å². The van der Waals surface area contributed by atoms with E-state index in [-0.39, 0.29) is 5.92 Å². The fraction of sp³-hybridized carbons (Fsp3) is 0.400. The Balaban J connectivity index is 1.42. The lowest BCUT2D eigenvalue weighted by Gasteiger charge is -2.29. The molecule has 148 valence electrons. The highest BCUT2D eigenvalue weighted by Crippen LogP contribution is 2.31. The van der Waals surface area contributed by atoms with Gasteiger partial charge in [0.25, 0.3) is 5.89 Å². The van der Waals surface area contributed by atoms with Crippen molar-refractivity contribution < 1.29 is 17.3 Å². The van der Waals surface area contributed by atoms with E-state index in [1.54, 1.807) is 34.8 Å². The van der Waals surface area contributed by atoms with Gasteiger partial charge in [-0.2, -0.15) is 4.31 Å². The average Bonchev–Trinajstić information content (AvgIpc) is 3.41. The van der Waals surface area contributed by atoms with Gasteiger partial charge in [0.1, 0.15) is 0 Å². The maximum atomic E-state index is 12.9. The number of benzene rings is 1. The van der Waals surface area contributed by atoms with Gasteiger partial charge in [-0.05, 0) is 49.1 Å². The molecule has 8 heteroatoms. The Bertz CT molecular complexity index is 1000. The van der Waals surface area contributed by atoms with Crippen molar-refractivity contribution in [1.29, 1.82) is 0 Å². The minimum Gasteiger partial charge on any atom is -0.459 e. The summed E-state index contributed by atoms with van der Waals surface area (Å²) >= 11 is 0. The summed E-state index contributed by atoms with van der Waals surface area (Å²) in [5.41, 5.74) is 1.16. The van der Waals surface area contributed by atoms with E-state index in [1.807, 2.05) is 12.1 Å². The van der Waals surface area contributed by atoms with Gasteiger partial charge in [-0.15, -0.1) is 10.2 Å². The summed E-state index contributed by atoms with van der Waals surface area (Å²) < 4.78 is 38.4. The standard InChI is InChI=1S/C20H23N3O4S/c1-2-4-15-6-8-17(9-7-15)28(24,25)23-12-10-16(11-13-23)19-21-22-20(27-19)18-5-3-14-26-18/h3,5-9,14,16H,2,4,10-13H2,1H3. The molecule has 1 aliphatic rings. The molecule has 3 aromatic rings. The minimum atomic E-state index is -3.48. The third-order valence-corrected chi connectivity index (χ3v) is 6.99. The van der Waals surface area contributed by atoms with Crippen LogP contribution in [0.4, 0.5) is 0 Å². The maximum Gasteiger partial charge on any atom is 0.283 e. The van der Waals surface area contributed by atoms with Crippen LogP contribution in [0, 0.1) is 0 Å². The average molecular weight is 401 g/mol. The van der Waals surface area contributed by atoms with Gasteiger partial charge in [-0.25, -0.2) is 8.42 Å². The SMILES string of the molecule is CCCc1ccc(S(=O)(=O)N2CCC(c3nnc(-c4ccco4)o3)CC2)cc1. The summed E-state index contributed by atoms with van der Waals surface area (Å²) in [6, 6.07) is 10.7. The molecule has 3 heterocycles. The highest BCUT2D eigenvalue weighted by molar-refractivity contribution is 7.89. The molecule has 0 unspecified atom stereocenters. The molecule has 1 aliphatic heterocycles. The minimum absolute atomic E-state index is 0.0505. The Morgan fingerprint density at radius 2 is 1.86 bits per heavy atom. The van der Waals surface area contributed by atoms with Crippen molar-refractivity contribution in [3.05, 3.63) is 54.1 Å². The number of piperidine rings is 1. The number of sulfonamides is 1. The van der Waals surface area contributed by atoms with Gasteiger partial charge < -0.3 is 8.83 Å². The molecule has 1 saturated heterocycles. The zero-order chi connectivity index (χ0) is 19.6. The Morgan fingerprint density at radius 3 is 2.50 bits per heavy atom. The molecule has 4 rings (SSSR count). The van der Waals surface area contributed by atoms with Crippen molar-refractivity contribution in [3.8, 4) is 11.7 Å². The third-order valence-electron chi connectivity index (χ3n) is 5.08. The number of hydrogen-bond donors (Lipinski definition) is 0. The van der Waals surface area contributed by atoms with E-state index in [1.165, 1.54) is 0 Å². The van der Waals surface area contributed by atoms with Gasteiger partial charge >= 0.3 is 0 Å². The summed E-state index contributed by atoms with van der Waals surface area (Å²) in [7, 11) is -3.48. The Hall–Kier alpha value is -2.45. The molecule has 0 spiro atoms. The molecule has 0 radical (unpaired) electrons. The van der Waals surface area contributed by atoms with Gasteiger partial charge in [0, 0.05) is 19.0 Å². The molecule has 0 bridgehead atoms. The third kappa shape index (κ3) is 3.74. The molecular weight excluding hydrogens is 378 g/mol. The predicted octanol–water partition coefficient (Wildman–Crippen LogP) is 3.85. The van der Waals surface area contributed by atoms with E-state index in [0.717, 1.165) is 18.4 Å². The summed E-state index contributed by atoms with van der Waals surface area (Å²) in [5.74, 6) is 1.47. The van der Waals surface area contributed by atoms with Crippen LogP contribution in [0.3, 0.4) is 0 Å². The Kier molecular flexibility index (Phi) is 5.32. The molecule has 2 aromatic heterocycles. The molecule has 1 fully saturated rings. The largest absolute Gasteiger partial charge is 0.459 e. The summed E-state index contributed by atoms with van der Waals surface area (Å²) in [5, 5.41) is 8.15. The first-order valence-electron chi connectivity index (χ1n) is 9.54. The zero-order valence-corrected chi connectivity index (χ0v) is 16.6. The predicted molar refractivity (Wildman–Crippen MR) is 103 cm³/mol. The first kappa shape index (κ1) is 18.9. The van der Waals surface area contributed by atoms with Crippen LogP contribution in [0.5, 0.6) is 0 Å². The molecule has 0 aliphatic carbocycles. The smallest absolute Gasteiger partial charge is 0.283 e. The van der Waals surface area contributed by atoms with Gasteiger partial charge in [0.2, 0.25) is 15.9 Å². The van der Waals surface area contributed by atoms with Gasteiger partial charge in [0.15, 0.2) is 5.76 Å². The van der Waals surface area contributed by atoms with Crippen LogP contribution in [-0.2, 0) is 16.4 Å². The fourth-order valence-electron chi connectivity index (χ4n) is 3.51. The topological polar surface area (TPSA) is 89.4 Å². The summed E-state index contributed by atoms with van der Waals surface area (Å²) in [4.78, 5) is 0.351. The Labute approximate surface area is 164 Å². The molecule has 0 atom stereocenters. The lowest BCUT2D eigenvalue weighted by molar-refractivity contribution is 0.290. The first-order valence-corrected chi connectivity index (χ1v) is 11.0. The monoisotopic (exact) mass is 401 g/mol. The highest BCUT2D eigenvalue weighted by atomic mass is 32.2. The van der Waals surface area contributed by atoms with Crippen LogP contribution in [0.25, 0.3) is 11.7 Å². The molecule has 1 aromatic carbocycles. The van der Waals surface area contributed by atoms with E-state index in [0.29, 0.717) is 48.4 Å². The van der Waals surface area contributed by atoms with Crippen molar-refractivity contribution in [1.82, 2.24) is 14.5 Å². The lowest BCUT2D eigenvalue weighted by Crippen LogP contribution is -2.37. The van der Waals surface area contributed by atoms with Gasteiger partial charge in [-0.3, -0.25) is 0 Å². The highest BCUT2D eigenvalue weighted by Gasteiger charge is 2.32. The number of furan rings is 1. The Morgan fingerprint density at radius 1 is 1.11 bits per heavy atom. The second-order valence-corrected chi connectivity index (χ2v) is 8.93. The van der Waals surface area contributed by atoms with E-state index >= 15 is 0 Å². The molecule has 7 nitrogen and oxygen atoms in total. The van der Waals surface area contributed by atoms with Crippen LogP contribution in [0.1, 0.15) is 43.6 Å². The van der Waals surface area contributed by atoms with Crippen LogP contribution >= 0.6 is 0 Å². The number of aryl methyl sites for hydroxylation is 1. The van der Waals surface area contributed by atoms with E-state index < -0.39 is 10.0 Å². The number of nitrogens with zero attached hydrogens (tertiary/aromatic N) is 3. The van der Waals surface area contributed by atoms with E-state index in [2.05, 4.69) is 17.1 Å². The van der Waals surface area contributed by atoms with Gasteiger partial charge in [0.05, 0.1) is 11.2 Å². The lowest BCUT2D eigenvalue weighted by atomic mass is 9.98. The van der Waals surface area contributed by atoms with E-state index in [4.69, 9.17) is 8.83 Å². The van der Waals surface area contributed by atoms with Crippen LogP contribution < -0.4 is 0 Å². The van der Waals surface area contributed by atoms with Crippen molar-refractivity contribution in [2.75, 3.05) is 13.1 Å². The molecule has 28 heavy (non-hydrogen) atoms.